The van der Waals surface area contributed by atoms with E-state index in [1.165, 1.54) is 59.4 Å². The predicted molar refractivity (Wildman–Crippen MR) is 178 cm³/mol. The van der Waals surface area contributed by atoms with Crippen molar-refractivity contribution in [2.75, 3.05) is 0 Å². The zero-order chi connectivity index (χ0) is 27.4. The zero-order valence-corrected chi connectivity index (χ0v) is 22.6. The fourth-order valence-corrected chi connectivity index (χ4v) is 7.31. The molecule has 8 aromatic carbocycles. The van der Waals surface area contributed by atoms with Crippen LogP contribution in [0.4, 0.5) is 0 Å². The number of furan rings is 1. The van der Waals surface area contributed by atoms with Crippen molar-refractivity contribution in [2.45, 2.75) is 0 Å². The summed E-state index contributed by atoms with van der Waals surface area (Å²) in [5.41, 5.74) is 5.33. The lowest BCUT2D eigenvalue weighted by Gasteiger charge is -2.13. The Balaban J connectivity index is 1.38. The molecule has 2 heteroatoms. The summed E-state index contributed by atoms with van der Waals surface area (Å²) in [7, 11) is 0. The molecule has 0 N–H and O–H groups in total. The van der Waals surface area contributed by atoms with Crippen LogP contribution in [0.15, 0.2) is 144 Å². The van der Waals surface area contributed by atoms with Crippen molar-refractivity contribution in [3.63, 3.8) is 0 Å². The van der Waals surface area contributed by atoms with Crippen LogP contribution in [-0.4, -0.2) is 4.57 Å². The van der Waals surface area contributed by atoms with Crippen LogP contribution in [0.25, 0.3) is 92.5 Å². The van der Waals surface area contributed by atoms with Crippen LogP contribution >= 0.6 is 0 Å². The second-order valence-corrected chi connectivity index (χ2v) is 11.3. The molecule has 0 saturated heterocycles. The summed E-state index contributed by atoms with van der Waals surface area (Å²) in [5.74, 6) is 0. The molecule has 0 fully saturated rings. The summed E-state index contributed by atoms with van der Waals surface area (Å²) < 4.78 is 9.02. The third kappa shape index (κ3) is 2.83. The van der Waals surface area contributed by atoms with Gasteiger partial charge in [-0.1, -0.05) is 97.1 Å². The number of hydrogen-bond acceptors (Lipinski definition) is 1. The Hall–Kier alpha value is -5.60. The lowest BCUT2D eigenvalue weighted by Crippen LogP contribution is -1.92. The van der Waals surface area contributed by atoms with Gasteiger partial charge in [-0.05, 0) is 79.5 Å². The van der Waals surface area contributed by atoms with Gasteiger partial charge >= 0.3 is 0 Å². The Morgan fingerprint density at radius 2 is 0.976 bits per heavy atom. The number of hydrogen-bond donors (Lipinski definition) is 0. The zero-order valence-electron chi connectivity index (χ0n) is 22.6. The molecule has 0 bridgehead atoms. The molecule has 2 nitrogen and oxygen atoms in total. The van der Waals surface area contributed by atoms with Crippen LogP contribution in [0.2, 0.25) is 0 Å². The molecule has 10 aromatic rings. The lowest BCUT2D eigenvalue weighted by atomic mass is 9.90. The van der Waals surface area contributed by atoms with E-state index >= 15 is 0 Å². The fourth-order valence-electron chi connectivity index (χ4n) is 7.31. The molecular weight excluding hydrogens is 510 g/mol. The summed E-state index contributed by atoms with van der Waals surface area (Å²) in [6, 6.07) is 50.5. The first kappa shape index (κ1) is 22.1. The van der Waals surface area contributed by atoms with Crippen molar-refractivity contribution >= 4 is 86.8 Å². The normalized spacial score (nSPS) is 12.3. The fraction of sp³-hybridized carbons (Fsp3) is 0. The summed E-state index contributed by atoms with van der Waals surface area (Å²) in [6.45, 7) is 0. The third-order valence-electron chi connectivity index (χ3n) is 9.12. The Kier molecular flexibility index (Phi) is 4.21. The average Bonchev–Trinajstić information content (AvgIpc) is 3.57. The number of rotatable bonds is 1. The first-order valence-corrected chi connectivity index (χ1v) is 14.4. The van der Waals surface area contributed by atoms with Crippen molar-refractivity contribution in [3.05, 3.63) is 140 Å². The molecule has 0 spiro atoms. The highest BCUT2D eigenvalue weighted by atomic mass is 16.3. The first-order valence-electron chi connectivity index (χ1n) is 14.4. The highest BCUT2D eigenvalue weighted by Gasteiger charge is 2.18. The van der Waals surface area contributed by atoms with Crippen LogP contribution in [0.5, 0.6) is 0 Å². The van der Waals surface area contributed by atoms with Gasteiger partial charge in [0.15, 0.2) is 0 Å². The largest absolute Gasteiger partial charge is 0.456 e. The first-order chi connectivity index (χ1) is 20.8. The van der Waals surface area contributed by atoms with Gasteiger partial charge in [-0.15, -0.1) is 0 Å². The van der Waals surface area contributed by atoms with E-state index < -0.39 is 0 Å². The maximum Gasteiger partial charge on any atom is 0.137 e. The van der Waals surface area contributed by atoms with Crippen molar-refractivity contribution in [2.24, 2.45) is 0 Å². The monoisotopic (exact) mass is 533 g/mol. The number of nitrogens with zero attached hydrogens (tertiary/aromatic N) is 1. The molecule has 0 aliphatic rings. The minimum absolute atomic E-state index is 0.909. The summed E-state index contributed by atoms with van der Waals surface area (Å²) in [5, 5.41) is 15.0. The Labute approximate surface area is 240 Å². The van der Waals surface area contributed by atoms with Crippen LogP contribution < -0.4 is 0 Å². The van der Waals surface area contributed by atoms with E-state index in [-0.39, 0.29) is 0 Å². The van der Waals surface area contributed by atoms with E-state index in [4.69, 9.17) is 4.42 Å². The van der Waals surface area contributed by atoms with Gasteiger partial charge in [0, 0.05) is 33.3 Å². The number of fused-ring (bicyclic) bond motifs is 14. The van der Waals surface area contributed by atoms with E-state index in [2.05, 4.69) is 144 Å². The van der Waals surface area contributed by atoms with Gasteiger partial charge in [0.2, 0.25) is 0 Å². The van der Waals surface area contributed by atoms with Crippen LogP contribution in [-0.2, 0) is 0 Å². The predicted octanol–water partition coefficient (Wildman–Crippen LogP) is 11.3. The molecule has 0 atom stereocenters. The van der Waals surface area contributed by atoms with Gasteiger partial charge in [0.25, 0.3) is 0 Å². The Morgan fingerprint density at radius 1 is 0.357 bits per heavy atom. The highest BCUT2D eigenvalue weighted by Crippen LogP contribution is 2.43. The standard InChI is InChI=1S/C40H23NO/c1-2-11-25(12-3-1)41-36-17-9-8-15-28(36)33-21-35-34-20-31-30-19-18-24-10-4-5-13-26(24)40(30)29-16-7-6-14-27(29)32(31)22-38(34)42-39(35)23-37(33)41/h1-23H. The molecule has 0 saturated carbocycles. The van der Waals surface area contributed by atoms with Gasteiger partial charge in [-0.2, -0.15) is 0 Å². The summed E-state index contributed by atoms with van der Waals surface area (Å²) >= 11 is 0. The van der Waals surface area contributed by atoms with Gasteiger partial charge in [-0.25, -0.2) is 0 Å². The highest BCUT2D eigenvalue weighted by molar-refractivity contribution is 6.33. The second-order valence-electron chi connectivity index (χ2n) is 11.3. The summed E-state index contributed by atoms with van der Waals surface area (Å²) in [6.07, 6.45) is 0. The van der Waals surface area contributed by atoms with E-state index in [1.54, 1.807) is 0 Å². The maximum atomic E-state index is 6.67. The van der Waals surface area contributed by atoms with E-state index in [1.807, 2.05) is 0 Å². The topological polar surface area (TPSA) is 18.1 Å². The SMILES string of the molecule is c1ccc(-n2c3ccccc3c3cc4c(cc32)oc2cc3c5ccccc5c5c6ccccc6ccc5c3cc24)cc1. The molecule has 0 aliphatic heterocycles. The molecular formula is C40H23NO. The lowest BCUT2D eigenvalue weighted by molar-refractivity contribution is 0.670. The molecule has 42 heavy (non-hydrogen) atoms. The molecule has 10 rings (SSSR count). The maximum absolute atomic E-state index is 6.67. The number of para-hydroxylation sites is 2. The van der Waals surface area contributed by atoms with Crippen molar-refractivity contribution in [1.29, 1.82) is 0 Å². The molecule has 0 unspecified atom stereocenters. The Bertz CT molecular complexity index is 2730. The molecule has 0 radical (unpaired) electrons. The second kappa shape index (κ2) is 7.99. The van der Waals surface area contributed by atoms with Crippen LogP contribution in [0.1, 0.15) is 0 Å². The minimum Gasteiger partial charge on any atom is -0.456 e. The Morgan fingerprint density at radius 3 is 1.83 bits per heavy atom. The summed E-state index contributed by atoms with van der Waals surface area (Å²) in [4.78, 5) is 0. The quantitative estimate of drug-likeness (QED) is 0.192. The average molecular weight is 534 g/mol. The van der Waals surface area contributed by atoms with Crippen molar-refractivity contribution in [1.82, 2.24) is 4.57 Å². The van der Waals surface area contributed by atoms with Crippen molar-refractivity contribution in [3.8, 4) is 5.69 Å². The molecule has 2 aromatic heterocycles. The van der Waals surface area contributed by atoms with E-state index in [9.17, 15) is 0 Å². The number of aromatic nitrogens is 1. The number of benzene rings is 8. The van der Waals surface area contributed by atoms with Gasteiger partial charge in [-0.3, -0.25) is 0 Å². The van der Waals surface area contributed by atoms with Gasteiger partial charge in [0.1, 0.15) is 11.2 Å². The molecule has 0 aliphatic carbocycles. The van der Waals surface area contributed by atoms with Crippen LogP contribution in [0, 0.1) is 0 Å². The smallest absolute Gasteiger partial charge is 0.137 e. The molecule has 194 valence electrons. The van der Waals surface area contributed by atoms with Gasteiger partial charge in [0.05, 0.1) is 11.0 Å². The van der Waals surface area contributed by atoms with Crippen molar-refractivity contribution < 1.29 is 4.42 Å². The third-order valence-corrected chi connectivity index (χ3v) is 9.12. The minimum atomic E-state index is 0.909. The van der Waals surface area contributed by atoms with E-state index in [0.29, 0.717) is 0 Å². The molecule has 0 amide bonds. The van der Waals surface area contributed by atoms with Gasteiger partial charge < -0.3 is 8.98 Å². The molecule has 2 heterocycles. The van der Waals surface area contributed by atoms with E-state index in [0.717, 1.165) is 33.1 Å². The van der Waals surface area contributed by atoms with Crippen LogP contribution in [0.3, 0.4) is 0 Å².